The fourth-order valence-corrected chi connectivity index (χ4v) is 3.57. The second-order valence-electron chi connectivity index (χ2n) is 5.06. The second-order valence-corrected chi connectivity index (χ2v) is 7.53. The lowest BCUT2D eigenvalue weighted by Crippen LogP contribution is -2.32. The van der Waals surface area contributed by atoms with Gasteiger partial charge in [-0.3, -0.25) is 4.90 Å². The van der Waals surface area contributed by atoms with Crippen molar-refractivity contribution in [2.75, 3.05) is 13.1 Å². The minimum absolute atomic E-state index is 0.621. The van der Waals surface area contributed by atoms with Gasteiger partial charge in [0.15, 0.2) is 0 Å². The summed E-state index contributed by atoms with van der Waals surface area (Å²) < 4.78 is 6.81. The third-order valence-corrected chi connectivity index (χ3v) is 5.10. The molecule has 2 aromatic heterocycles. The molecule has 0 unspecified atom stereocenters. The van der Waals surface area contributed by atoms with E-state index >= 15 is 0 Å². The Labute approximate surface area is 125 Å². The maximum absolute atomic E-state index is 5.74. The molecule has 0 saturated carbocycles. The average molecular weight is 342 g/mol. The van der Waals surface area contributed by atoms with E-state index in [0.717, 1.165) is 34.2 Å². The van der Waals surface area contributed by atoms with Crippen molar-refractivity contribution < 1.29 is 4.42 Å². The molecule has 3 rings (SSSR count). The maximum atomic E-state index is 5.74. The molecular formula is C13H16BrN3OS. The van der Waals surface area contributed by atoms with Gasteiger partial charge in [0, 0.05) is 0 Å². The monoisotopic (exact) mass is 341 g/mol. The molecule has 1 aliphatic rings. The molecule has 0 aromatic carbocycles. The summed E-state index contributed by atoms with van der Waals surface area (Å²) in [6.45, 7) is 5.34. The van der Waals surface area contributed by atoms with Gasteiger partial charge < -0.3 is 4.42 Å². The van der Waals surface area contributed by atoms with Gasteiger partial charge in [-0.15, -0.1) is 21.5 Å². The van der Waals surface area contributed by atoms with Crippen LogP contribution in [-0.4, -0.2) is 28.2 Å². The molecule has 1 fully saturated rings. The van der Waals surface area contributed by atoms with E-state index in [1.807, 2.05) is 12.1 Å². The van der Waals surface area contributed by atoms with Crippen LogP contribution in [0.2, 0.25) is 0 Å². The van der Waals surface area contributed by atoms with Gasteiger partial charge >= 0.3 is 0 Å². The van der Waals surface area contributed by atoms with E-state index in [-0.39, 0.29) is 0 Å². The molecule has 3 heterocycles. The van der Waals surface area contributed by atoms with Crippen molar-refractivity contribution in [2.45, 2.75) is 26.3 Å². The molecule has 4 nitrogen and oxygen atoms in total. The van der Waals surface area contributed by atoms with E-state index in [9.17, 15) is 0 Å². The van der Waals surface area contributed by atoms with Gasteiger partial charge in [0.1, 0.15) is 0 Å². The fraction of sp³-hybridized carbons (Fsp3) is 0.538. The number of thiophene rings is 1. The molecule has 0 amide bonds. The number of nitrogens with zero attached hydrogens (tertiary/aromatic N) is 3. The van der Waals surface area contributed by atoms with Crippen LogP contribution in [-0.2, 0) is 6.54 Å². The normalized spacial score (nSPS) is 18.0. The molecule has 102 valence electrons. The SMILES string of the molecule is CC1CCN(Cc2nnc(-c3ccc(Br)s3)o2)CC1. The van der Waals surface area contributed by atoms with Crippen LogP contribution < -0.4 is 0 Å². The van der Waals surface area contributed by atoms with Crippen molar-refractivity contribution in [3.8, 4) is 10.8 Å². The summed E-state index contributed by atoms with van der Waals surface area (Å²) in [5, 5.41) is 8.27. The van der Waals surface area contributed by atoms with Gasteiger partial charge in [0.05, 0.1) is 15.2 Å². The summed E-state index contributed by atoms with van der Waals surface area (Å²) in [6, 6.07) is 3.99. The lowest BCUT2D eigenvalue weighted by Gasteiger charge is -2.28. The van der Waals surface area contributed by atoms with Crippen LogP contribution in [0.25, 0.3) is 10.8 Å². The van der Waals surface area contributed by atoms with Crippen molar-refractivity contribution >= 4 is 27.3 Å². The zero-order chi connectivity index (χ0) is 13.2. The third-order valence-electron chi connectivity index (χ3n) is 3.49. The number of hydrogen-bond donors (Lipinski definition) is 0. The average Bonchev–Trinajstić information content (AvgIpc) is 3.01. The molecule has 1 aliphatic heterocycles. The first-order chi connectivity index (χ1) is 9.20. The Morgan fingerprint density at radius 1 is 1.37 bits per heavy atom. The molecule has 0 radical (unpaired) electrons. The van der Waals surface area contributed by atoms with Crippen molar-refractivity contribution in [1.29, 1.82) is 0 Å². The highest BCUT2D eigenvalue weighted by atomic mass is 79.9. The van der Waals surface area contributed by atoms with Crippen LogP contribution in [0.15, 0.2) is 20.3 Å². The van der Waals surface area contributed by atoms with Gasteiger partial charge in [-0.05, 0) is 59.9 Å². The van der Waals surface area contributed by atoms with E-state index < -0.39 is 0 Å². The topological polar surface area (TPSA) is 42.2 Å². The lowest BCUT2D eigenvalue weighted by atomic mass is 9.99. The summed E-state index contributed by atoms with van der Waals surface area (Å²) in [4.78, 5) is 3.40. The highest BCUT2D eigenvalue weighted by Gasteiger charge is 2.18. The molecule has 6 heteroatoms. The number of hydrogen-bond acceptors (Lipinski definition) is 5. The van der Waals surface area contributed by atoms with E-state index in [0.29, 0.717) is 11.8 Å². The number of aromatic nitrogens is 2. The summed E-state index contributed by atoms with van der Waals surface area (Å²) >= 11 is 5.05. The summed E-state index contributed by atoms with van der Waals surface area (Å²) in [6.07, 6.45) is 2.53. The zero-order valence-corrected chi connectivity index (χ0v) is 13.2. The van der Waals surface area contributed by atoms with Crippen LogP contribution in [0.4, 0.5) is 0 Å². The zero-order valence-electron chi connectivity index (χ0n) is 10.8. The predicted octanol–water partition coefficient (Wildman–Crippen LogP) is 3.79. The summed E-state index contributed by atoms with van der Waals surface area (Å²) in [5.41, 5.74) is 0. The smallest absolute Gasteiger partial charge is 0.257 e. The second kappa shape index (κ2) is 5.73. The molecule has 0 atom stereocenters. The lowest BCUT2D eigenvalue weighted by molar-refractivity contribution is 0.171. The first kappa shape index (κ1) is 13.3. The van der Waals surface area contributed by atoms with Crippen LogP contribution in [0.1, 0.15) is 25.7 Å². The van der Waals surface area contributed by atoms with Crippen molar-refractivity contribution in [1.82, 2.24) is 15.1 Å². The van der Waals surface area contributed by atoms with Gasteiger partial charge in [-0.25, -0.2) is 0 Å². The number of likely N-dealkylation sites (tertiary alicyclic amines) is 1. The highest BCUT2D eigenvalue weighted by molar-refractivity contribution is 9.11. The Balaban J connectivity index is 1.65. The Bertz CT molecular complexity index is 546. The minimum atomic E-state index is 0.621. The quantitative estimate of drug-likeness (QED) is 0.851. The Kier molecular flexibility index (Phi) is 4.00. The van der Waals surface area contributed by atoms with Gasteiger partial charge in [0.25, 0.3) is 5.89 Å². The first-order valence-electron chi connectivity index (χ1n) is 6.51. The van der Waals surface area contributed by atoms with Crippen molar-refractivity contribution in [3.05, 3.63) is 21.8 Å². The van der Waals surface area contributed by atoms with E-state index in [1.54, 1.807) is 11.3 Å². The van der Waals surface area contributed by atoms with Crippen LogP contribution >= 0.6 is 27.3 Å². The van der Waals surface area contributed by atoms with E-state index in [1.165, 1.54) is 12.8 Å². The Morgan fingerprint density at radius 2 is 2.16 bits per heavy atom. The molecular weight excluding hydrogens is 326 g/mol. The van der Waals surface area contributed by atoms with Crippen molar-refractivity contribution in [2.24, 2.45) is 5.92 Å². The number of piperidine rings is 1. The van der Waals surface area contributed by atoms with Gasteiger partial charge in [0.2, 0.25) is 5.89 Å². The number of halogens is 1. The van der Waals surface area contributed by atoms with Crippen molar-refractivity contribution in [3.63, 3.8) is 0 Å². The first-order valence-corrected chi connectivity index (χ1v) is 8.12. The predicted molar refractivity (Wildman–Crippen MR) is 79.0 cm³/mol. The Morgan fingerprint density at radius 3 is 2.84 bits per heavy atom. The van der Waals surface area contributed by atoms with Crippen LogP contribution in [0, 0.1) is 5.92 Å². The molecule has 1 saturated heterocycles. The minimum Gasteiger partial charge on any atom is -0.419 e. The molecule has 0 bridgehead atoms. The maximum Gasteiger partial charge on any atom is 0.257 e. The van der Waals surface area contributed by atoms with E-state index in [4.69, 9.17) is 4.42 Å². The summed E-state index contributed by atoms with van der Waals surface area (Å²) in [7, 11) is 0. The van der Waals surface area contributed by atoms with E-state index in [2.05, 4.69) is 38.0 Å². The molecule has 0 N–H and O–H groups in total. The van der Waals surface area contributed by atoms with Gasteiger partial charge in [-0.2, -0.15) is 0 Å². The Hall–Kier alpha value is -0.720. The molecule has 0 spiro atoms. The largest absolute Gasteiger partial charge is 0.419 e. The summed E-state index contributed by atoms with van der Waals surface area (Å²) in [5.74, 6) is 2.18. The standard InChI is InChI=1S/C13H16BrN3OS/c1-9-4-6-17(7-5-9)8-12-15-16-13(18-12)10-2-3-11(14)19-10/h2-3,9H,4-8H2,1H3. The molecule has 0 aliphatic carbocycles. The van der Waals surface area contributed by atoms with Crippen LogP contribution in [0.5, 0.6) is 0 Å². The molecule has 2 aromatic rings. The highest BCUT2D eigenvalue weighted by Crippen LogP contribution is 2.30. The third kappa shape index (κ3) is 3.24. The van der Waals surface area contributed by atoms with Crippen LogP contribution in [0.3, 0.4) is 0 Å². The molecule has 19 heavy (non-hydrogen) atoms. The number of rotatable bonds is 3. The fourth-order valence-electron chi connectivity index (χ4n) is 2.26. The van der Waals surface area contributed by atoms with Gasteiger partial charge in [-0.1, -0.05) is 6.92 Å².